The Morgan fingerprint density at radius 3 is 2.23 bits per heavy atom. The molecule has 0 bridgehead atoms. The van der Waals surface area contributed by atoms with Gasteiger partial charge in [-0.05, 0) is 109 Å². The second-order valence-corrected chi connectivity index (χ2v) is 9.68. The number of anilines is 1. The van der Waals surface area contributed by atoms with Gasteiger partial charge in [-0.1, -0.05) is 42.5 Å². The second kappa shape index (κ2) is 11.1. The number of carbonyl (C=O) groups is 1. The van der Waals surface area contributed by atoms with Crippen molar-refractivity contribution in [3.8, 4) is 11.8 Å². The molecule has 150 valence electrons. The van der Waals surface area contributed by atoms with Crippen LogP contribution in [0.3, 0.4) is 0 Å². The standard InChI is InChI=1S/C23H15I3N2O2/c24-18-8-4-5-9-21(18)28-23(29)17(13-27)10-16-11-19(25)22(20(26)12-16)30-14-15-6-2-1-3-7-15/h1-12H,14H2,(H,28,29). The van der Waals surface area contributed by atoms with E-state index in [-0.39, 0.29) is 5.57 Å². The van der Waals surface area contributed by atoms with Crippen LogP contribution in [-0.2, 0) is 11.4 Å². The van der Waals surface area contributed by atoms with Crippen molar-refractivity contribution >= 4 is 85.4 Å². The van der Waals surface area contributed by atoms with Crippen LogP contribution in [0, 0.1) is 22.0 Å². The number of ether oxygens (including phenoxy) is 1. The first-order valence-corrected chi connectivity index (χ1v) is 12.0. The third-order valence-electron chi connectivity index (χ3n) is 4.04. The Balaban J connectivity index is 1.79. The average molecular weight is 732 g/mol. The highest BCUT2D eigenvalue weighted by Gasteiger charge is 2.13. The summed E-state index contributed by atoms with van der Waals surface area (Å²) in [6, 6.07) is 23.2. The molecule has 3 aromatic carbocycles. The predicted molar refractivity (Wildman–Crippen MR) is 144 cm³/mol. The van der Waals surface area contributed by atoms with Crippen LogP contribution in [0.5, 0.6) is 5.75 Å². The van der Waals surface area contributed by atoms with E-state index in [0.29, 0.717) is 12.3 Å². The van der Waals surface area contributed by atoms with Gasteiger partial charge in [0.25, 0.3) is 5.91 Å². The summed E-state index contributed by atoms with van der Waals surface area (Å²) in [5, 5.41) is 12.3. The molecule has 0 aliphatic heterocycles. The van der Waals surface area contributed by atoms with Gasteiger partial charge in [-0.15, -0.1) is 0 Å². The van der Waals surface area contributed by atoms with E-state index in [0.717, 1.165) is 27.6 Å². The number of nitrogens with one attached hydrogen (secondary N) is 1. The largest absolute Gasteiger partial charge is 0.487 e. The average Bonchev–Trinajstić information content (AvgIpc) is 2.73. The fraction of sp³-hybridized carbons (Fsp3) is 0.0435. The number of halogens is 3. The molecule has 0 fully saturated rings. The van der Waals surface area contributed by atoms with Crippen LogP contribution in [0.1, 0.15) is 11.1 Å². The lowest BCUT2D eigenvalue weighted by Crippen LogP contribution is -2.14. The van der Waals surface area contributed by atoms with E-state index in [2.05, 4.69) is 73.1 Å². The summed E-state index contributed by atoms with van der Waals surface area (Å²) in [7, 11) is 0. The molecule has 0 aliphatic carbocycles. The van der Waals surface area contributed by atoms with Crippen LogP contribution in [0.2, 0.25) is 0 Å². The molecule has 0 spiro atoms. The zero-order valence-corrected chi connectivity index (χ0v) is 22.0. The number of rotatable bonds is 6. The lowest BCUT2D eigenvalue weighted by atomic mass is 10.1. The minimum absolute atomic E-state index is 0.0409. The van der Waals surface area contributed by atoms with Crippen LogP contribution in [0.25, 0.3) is 6.08 Å². The Hall–Kier alpha value is -1.65. The molecule has 0 saturated heterocycles. The zero-order chi connectivity index (χ0) is 21.5. The molecule has 4 nitrogen and oxygen atoms in total. The maximum atomic E-state index is 12.6. The number of hydrogen-bond donors (Lipinski definition) is 1. The van der Waals surface area contributed by atoms with Gasteiger partial charge in [-0.3, -0.25) is 4.79 Å². The number of nitrogens with zero attached hydrogens (tertiary/aromatic N) is 1. The molecule has 0 atom stereocenters. The molecule has 0 radical (unpaired) electrons. The molecule has 0 aliphatic rings. The van der Waals surface area contributed by atoms with Crippen molar-refractivity contribution in [1.82, 2.24) is 0 Å². The molecule has 0 aromatic heterocycles. The Morgan fingerprint density at radius 2 is 1.60 bits per heavy atom. The number of nitriles is 1. The summed E-state index contributed by atoms with van der Waals surface area (Å²) in [5.74, 6) is 0.357. The van der Waals surface area contributed by atoms with Crippen LogP contribution in [0.15, 0.2) is 72.3 Å². The van der Waals surface area contributed by atoms with Crippen molar-refractivity contribution in [3.63, 3.8) is 0 Å². The number of benzene rings is 3. The number of amides is 1. The first-order chi connectivity index (χ1) is 14.5. The van der Waals surface area contributed by atoms with Crippen LogP contribution in [-0.4, -0.2) is 5.91 Å². The molecule has 7 heteroatoms. The van der Waals surface area contributed by atoms with E-state index in [1.54, 1.807) is 12.1 Å². The Morgan fingerprint density at radius 1 is 0.967 bits per heavy atom. The topological polar surface area (TPSA) is 62.1 Å². The van der Waals surface area contributed by atoms with E-state index in [4.69, 9.17) is 4.74 Å². The Bertz CT molecular complexity index is 1120. The molecular weight excluding hydrogens is 717 g/mol. The number of para-hydroxylation sites is 1. The smallest absolute Gasteiger partial charge is 0.266 e. The van der Waals surface area contributed by atoms with Gasteiger partial charge >= 0.3 is 0 Å². The van der Waals surface area contributed by atoms with Crippen molar-refractivity contribution in [3.05, 3.63) is 94.1 Å². The van der Waals surface area contributed by atoms with Gasteiger partial charge in [0.1, 0.15) is 24.0 Å². The highest BCUT2D eigenvalue weighted by molar-refractivity contribution is 14.1. The van der Waals surface area contributed by atoms with E-state index < -0.39 is 5.91 Å². The highest BCUT2D eigenvalue weighted by Crippen LogP contribution is 2.30. The van der Waals surface area contributed by atoms with E-state index in [1.807, 2.05) is 66.7 Å². The summed E-state index contributed by atoms with van der Waals surface area (Å²) >= 11 is 6.56. The molecule has 3 aromatic rings. The minimum atomic E-state index is -0.434. The maximum absolute atomic E-state index is 12.6. The fourth-order valence-corrected chi connectivity index (χ4v) is 5.25. The second-order valence-electron chi connectivity index (χ2n) is 6.19. The number of carbonyl (C=O) groups excluding carboxylic acids is 1. The van der Waals surface area contributed by atoms with E-state index in [9.17, 15) is 10.1 Å². The van der Waals surface area contributed by atoms with E-state index in [1.165, 1.54) is 0 Å². The van der Waals surface area contributed by atoms with Crippen molar-refractivity contribution in [2.24, 2.45) is 0 Å². The molecule has 0 heterocycles. The quantitative estimate of drug-likeness (QED) is 0.176. The van der Waals surface area contributed by atoms with Gasteiger partial charge in [-0.25, -0.2) is 0 Å². The molecule has 1 amide bonds. The van der Waals surface area contributed by atoms with Gasteiger partial charge in [-0.2, -0.15) is 5.26 Å². The third kappa shape index (κ3) is 6.18. The molecule has 1 N–H and O–H groups in total. The summed E-state index contributed by atoms with van der Waals surface area (Å²) in [6.45, 7) is 0.476. The Kier molecular flexibility index (Phi) is 8.52. The summed E-state index contributed by atoms with van der Waals surface area (Å²) in [5.41, 5.74) is 2.58. The summed E-state index contributed by atoms with van der Waals surface area (Å²) < 4.78 is 8.73. The number of hydrogen-bond acceptors (Lipinski definition) is 3. The van der Waals surface area contributed by atoms with Gasteiger partial charge in [0, 0.05) is 3.57 Å². The summed E-state index contributed by atoms with van der Waals surface area (Å²) in [4.78, 5) is 12.6. The van der Waals surface area contributed by atoms with Crippen molar-refractivity contribution < 1.29 is 9.53 Å². The van der Waals surface area contributed by atoms with Crippen LogP contribution in [0.4, 0.5) is 5.69 Å². The highest BCUT2D eigenvalue weighted by atomic mass is 127. The van der Waals surface area contributed by atoms with Crippen LogP contribution >= 0.6 is 67.8 Å². The van der Waals surface area contributed by atoms with Crippen molar-refractivity contribution in [2.75, 3.05) is 5.32 Å². The molecular formula is C23H15I3N2O2. The molecule has 3 rings (SSSR count). The fourth-order valence-electron chi connectivity index (χ4n) is 2.60. The lowest BCUT2D eigenvalue weighted by molar-refractivity contribution is -0.112. The van der Waals surface area contributed by atoms with Crippen LogP contribution < -0.4 is 10.1 Å². The Labute approximate surface area is 216 Å². The van der Waals surface area contributed by atoms with Crippen molar-refractivity contribution in [2.45, 2.75) is 6.61 Å². The summed E-state index contributed by atoms with van der Waals surface area (Å²) in [6.07, 6.45) is 1.59. The SMILES string of the molecule is N#CC(=Cc1cc(I)c(OCc2ccccc2)c(I)c1)C(=O)Nc1ccccc1I. The predicted octanol–water partition coefficient (Wildman–Crippen LogP) is 6.63. The van der Waals surface area contributed by atoms with Gasteiger partial charge in [0.15, 0.2) is 0 Å². The van der Waals surface area contributed by atoms with Crippen molar-refractivity contribution in [1.29, 1.82) is 5.26 Å². The zero-order valence-electron chi connectivity index (χ0n) is 15.5. The third-order valence-corrected chi connectivity index (χ3v) is 6.59. The van der Waals surface area contributed by atoms with E-state index >= 15 is 0 Å². The lowest BCUT2D eigenvalue weighted by Gasteiger charge is -2.12. The molecule has 0 unspecified atom stereocenters. The first-order valence-electron chi connectivity index (χ1n) is 8.81. The normalized spacial score (nSPS) is 10.9. The van der Waals surface area contributed by atoms with Gasteiger partial charge < -0.3 is 10.1 Å². The minimum Gasteiger partial charge on any atom is -0.487 e. The van der Waals surface area contributed by atoms with Gasteiger partial charge in [0.2, 0.25) is 0 Å². The first kappa shape index (κ1) is 23.0. The maximum Gasteiger partial charge on any atom is 0.266 e. The monoisotopic (exact) mass is 732 g/mol. The molecule has 0 saturated carbocycles. The molecule has 30 heavy (non-hydrogen) atoms. The van der Waals surface area contributed by atoms with Gasteiger partial charge in [0.05, 0.1) is 12.8 Å².